The highest BCUT2D eigenvalue weighted by molar-refractivity contribution is 6.19. The van der Waals surface area contributed by atoms with Gasteiger partial charge in [-0.25, -0.2) is 4.99 Å². The molecule has 0 radical (unpaired) electrons. The first-order valence-electron chi connectivity index (χ1n) is 10.9. The fourth-order valence-corrected chi connectivity index (χ4v) is 3.65. The van der Waals surface area contributed by atoms with Gasteiger partial charge < -0.3 is 16.4 Å². The predicted octanol–water partition coefficient (Wildman–Crippen LogP) is 4.09. The van der Waals surface area contributed by atoms with Gasteiger partial charge in [0.2, 0.25) is 12.1 Å². The number of amides is 2. The molecule has 0 spiro atoms. The van der Waals surface area contributed by atoms with E-state index in [9.17, 15) is 22.8 Å². The molecule has 0 saturated heterocycles. The first kappa shape index (κ1) is 24.4. The van der Waals surface area contributed by atoms with Crippen LogP contribution in [-0.4, -0.2) is 30.2 Å². The molecule has 9 heteroatoms. The molecule has 0 saturated carbocycles. The lowest BCUT2D eigenvalue weighted by Crippen LogP contribution is -2.46. The Kier molecular flexibility index (Phi) is 7.86. The molecule has 2 amide bonds. The van der Waals surface area contributed by atoms with Gasteiger partial charge in [-0.15, -0.1) is 0 Å². The van der Waals surface area contributed by atoms with E-state index in [0.717, 1.165) is 31.4 Å². The van der Waals surface area contributed by atoms with Crippen LogP contribution in [-0.2, 0) is 15.8 Å². The molecule has 0 aliphatic carbocycles. The highest BCUT2D eigenvalue weighted by Gasteiger charge is 2.31. The Balaban J connectivity index is 1.94. The summed E-state index contributed by atoms with van der Waals surface area (Å²) in [5.74, 6) is -1.38. The van der Waals surface area contributed by atoms with Crippen LogP contribution in [0.1, 0.15) is 49.3 Å². The van der Waals surface area contributed by atoms with Gasteiger partial charge in [-0.2, -0.15) is 13.2 Å². The molecule has 4 N–H and O–H groups in total. The number of rotatable bonds is 8. The average Bonchev–Trinajstić information content (AvgIpc) is 2.92. The number of anilines is 1. The van der Waals surface area contributed by atoms with Crippen molar-refractivity contribution in [2.45, 2.75) is 44.9 Å². The van der Waals surface area contributed by atoms with Crippen molar-refractivity contribution in [3.05, 3.63) is 65.2 Å². The first-order valence-corrected chi connectivity index (χ1v) is 10.9. The van der Waals surface area contributed by atoms with Crippen LogP contribution >= 0.6 is 0 Å². The van der Waals surface area contributed by atoms with Crippen molar-refractivity contribution in [2.24, 2.45) is 16.6 Å². The number of nitrogens with two attached hydrogens (primary N) is 1. The molecular formula is C24H27F3N4O2. The smallest absolute Gasteiger partial charge is 0.330 e. The third-order valence-electron chi connectivity index (χ3n) is 5.52. The predicted molar refractivity (Wildman–Crippen MR) is 121 cm³/mol. The summed E-state index contributed by atoms with van der Waals surface area (Å²) < 4.78 is 39.0. The van der Waals surface area contributed by atoms with E-state index in [2.05, 4.69) is 22.5 Å². The standard InChI is InChI=1S/C24H27F3N4O2/c1-2-3-4-7-16(14-28)22(32)31-21-23(33)29-19-9-6-5-8-18(19)20(30-21)15-10-12-17(13-11-15)24(25,26)27/h5-6,8-13,16,21H,2-4,7,14,28H2,1H3,(H,29,33)(H,31,32)/t16-,21?/m0/s1. The second-order valence-electron chi connectivity index (χ2n) is 7.93. The van der Waals surface area contributed by atoms with Crippen molar-refractivity contribution < 1.29 is 22.8 Å². The van der Waals surface area contributed by atoms with Crippen molar-refractivity contribution in [3.8, 4) is 0 Å². The van der Waals surface area contributed by atoms with E-state index in [1.807, 2.05) is 0 Å². The molecule has 1 unspecified atom stereocenters. The summed E-state index contributed by atoms with van der Waals surface area (Å²) in [4.78, 5) is 30.1. The van der Waals surface area contributed by atoms with Gasteiger partial charge in [-0.1, -0.05) is 56.5 Å². The highest BCUT2D eigenvalue weighted by Crippen LogP contribution is 2.30. The number of hydrogen-bond acceptors (Lipinski definition) is 4. The van der Waals surface area contributed by atoms with E-state index in [1.165, 1.54) is 12.1 Å². The minimum atomic E-state index is -4.47. The van der Waals surface area contributed by atoms with Crippen LogP contribution in [0.3, 0.4) is 0 Å². The average molecular weight is 461 g/mol. The number of hydrogen-bond donors (Lipinski definition) is 3. The van der Waals surface area contributed by atoms with E-state index in [4.69, 9.17) is 5.73 Å². The Morgan fingerprint density at radius 3 is 2.48 bits per heavy atom. The SMILES string of the molecule is CCCCC[C@@H](CN)C(=O)NC1N=C(c2ccc(C(F)(F)F)cc2)c2ccccc2NC1=O. The van der Waals surface area contributed by atoms with Crippen molar-refractivity contribution in [1.29, 1.82) is 0 Å². The molecule has 6 nitrogen and oxygen atoms in total. The number of alkyl halides is 3. The molecule has 176 valence electrons. The number of unbranched alkanes of at least 4 members (excludes halogenated alkanes) is 2. The molecule has 0 fully saturated rings. The van der Waals surface area contributed by atoms with Crippen LogP contribution < -0.4 is 16.4 Å². The molecule has 3 rings (SSSR count). The lowest BCUT2D eigenvalue weighted by atomic mass is 9.99. The molecule has 1 heterocycles. The Bertz CT molecular complexity index is 1020. The summed E-state index contributed by atoms with van der Waals surface area (Å²) >= 11 is 0. The Morgan fingerprint density at radius 2 is 1.85 bits per heavy atom. The van der Waals surface area contributed by atoms with Crippen molar-refractivity contribution in [3.63, 3.8) is 0 Å². The Hall–Kier alpha value is -3.20. The number of carbonyl (C=O) groups is 2. The van der Waals surface area contributed by atoms with E-state index in [-0.39, 0.29) is 12.5 Å². The number of benzodiazepines with no additional fused rings is 1. The van der Waals surface area contributed by atoms with Gasteiger partial charge in [0.1, 0.15) is 0 Å². The molecule has 0 bridgehead atoms. The maximum Gasteiger partial charge on any atom is 0.416 e. The van der Waals surface area contributed by atoms with Gasteiger partial charge in [0, 0.05) is 17.7 Å². The number of benzene rings is 2. The summed E-state index contributed by atoms with van der Waals surface area (Å²) in [6, 6.07) is 11.4. The third kappa shape index (κ3) is 5.98. The van der Waals surface area contributed by atoms with Crippen LogP contribution in [0.2, 0.25) is 0 Å². The number of carbonyl (C=O) groups excluding carboxylic acids is 2. The van der Waals surface area contributed by atoms with Crippen molar-refractivity contribution >= 4 is 23.2 Å². The zero-order valence-corrected chi connectivity index (χ0v) is 18.3. The third-order valence-corrected chi connectivity index (χ3v) is 5.52. The lowest BCUT2D eigenvalue weighted by Gasteiger charge is -2.18. The number of para-hydroxylation sites is 1. The number of nitrogens with one attached hydrogen (secondary N) is 2. The van der Waals surface area contributed by atoms with Gasteiger partial charge in [0.15, 0.2) is 0 Å². The van der Waals surface area contributed by atoms with Gasteiger partial charge in [-0.3, -0.25) is 9.59 Å². The summed E-state index contributed by atoms with van der Waals surface area (Å²) in [6.45, 7) is 2.20. The fourth-order valence-electron chi connectivity index (χ4n) is 3.65. The van der Waals surface area contributed by atoms with Crippen molar-refractivity contribution in [1.82, 2.24) is 5.32 Å². The van der Waals surface area contributed by atoms with E-state index in [1.54, 1.807) is 24.3 Å². The van der Waals surface area contributed by atoms with Gasteiger partial charge >= 0.3 is 6.18 Å². The van der Waals surface area contributed by atoms with Gasteiger partial charge in [0.05, 0.1) is 22.9 Å². The van der Waals surface area contributed by atoms with Crippen LogP contribution in [0.15, 0.2) is 53.5 Å². The zero-order valence-electron chi connectivity index (χ0n) is 18.3. The molecule has 33 heavy (non-hydrogen) atoms. The van der Waals surface area contributed by atoms with E-state index < -0.39 is 29.7 Å². The number of fused-ring (bicyclic) bond motifs is 1. The fraction of sp³-hybridized carbons (Fsp3) is 0.375. The van der Waals surface area contributed by atoms with Crippen LogP contribution in [0.5, 0.6) is 0 Å². The number of aliphatic imine (C=N–C) groups is 1. The summed E-state index contributed by atoms with van der Waals surface area (Å²) in [7, 11) is 0. The van der Waals surface area contributed by atoms with Gasteiger partial charge in [-0.05, 0) is 24.6 Å². The lowest BCUT2D eigenvalue weighted by molar-refractivity contribution is -0.137. The minimum absolute atomic E-state index is 0.138. The summed E-state index contributed by atoms with van der Waals surface area (Å²) in [6.07, 6.45) is -2.30. The Labute approximate surface area is 190 Å². The Morgan fingerprint density at radius 1 is 1.15 bits per heavy atom. The molecule has 1 aliphatic rings. The van der Waals surface area contributed by atoms with Crippen LogP contribution in [0, 0.1) is 5.92 Å². The zero-order chi connectivity index (χ0) is 24.0. The molecule has 1 aliphatic heterocycles. The van der Waals surface area contributed by atoms with Crippen LogP contribution in [0.4, 0.5) is 18.9 Å². The van der Waals surface area contributed by atoms with Crippen LogP contribution in [0.25, 0.3) is 0 Å². The molecule has 2 atom stereocenters. The second-order valence-corrected chi connectivity index (χ2v) is 7.93. The first-order chi connectivity index (χ1) is 15.7. The molecule has 2 aromatic carbocycles. The topological polar surface area (TPSA) is 96.6 Å². The maximum atomic E-state index is 13.0. The minimum Gasteiger partial charge on any atom is -0.330 e. The summed E-state index contributed by atoms with van der Waals surface area (Å²) in [5.41, 5.74) is 6.68. The van der Waals surface area contributed by atoms with Gasteiger partial charge in [0.25, 0.3) is 5.91 Å². The number of halogens is 3. The second kappa shape index (κ2) is 10.6. The molecule has 2 aromatic rings. The largest absolute Gasteiger partial charge is 0.416 e. The monoisotopic (exact) mass is 460 g/mol. The molecule has 0 aromatic heterocycles. The summed E-state index contributed by atoms with van der Waals surface area (Å²) in [5, 5.41) is 5.40. The normalized spacial score (nSPS) is 16.8. The van der Waals surface area contributed by atoms with Crippen molar-refractivity contribution in [2.75, 3.05) is 11.9 Å². The molecular weight excluding hydrogens is 433 g/mol. The highest BCUT2D eigenvalue weighted by atomic mass is 19.4. The quantitative estimate of drug-likeness (QED) is 0.518. The number of nitrogens with zero attached hydrogens (tertiary/aromatic N) is 1. The maximum absolute atomic E-state index is 13.0. The van der Waals surface area contributed by atoms with E-state index >= 15 is 0 Å². The van der Waals surface area contributed by atoms with E-state index in [0.29, 0.717) is 28.9 Å².